The molecule has 10 nitrogen and oxygen atoms in total. The fourth-order valence-corrected chi connectivity index (χ4v) is 8.58. The number of hydrogen-bond donors (Lipinski definition) is 2. The van der Waals surface area contributed by atoms with Crippen molar-refractivity contribution in [2.45, 2.75) is 64.3 Å². The highest BCUT2D eigenvalue weighted by Crippen LogP contribution is 2.42. The van der Waals surface area contributed by atoms with Crippen molar-refractivity contribution in [1.29, 1.82) is 0 Å². The Balaban J connectivity index is 1.44. The standard InChI is InChI=1S/C36H36F3N7O3S/c1-18(2)44-14-12-22(13-15-44)28-20(4)30(37)33-29(31(28)38)32(39)34(46(33)50(48,49)24-9-6-19(3)7-10-24)35(47)25-17-41-45(36(25)40)23-8-11-26-27(16-23)43-21(5)42-26/h6-11,16-18,22H,12-15,40H2,1-5H3,(H,42,43). The molecule has 1 saturated heterocycles. The first kappa shape index (κ1) is 33.5. The van der Waals surface area contributed by atoms with Crippen molar-refractivity contribution in [2.75, 3.05) is 18.8 Å². The summed E-state index contributed by atoms with van der Waals surface area (Å²) in [4.78, 5) is 23.7. The number of nitrogen functional groups attached to an aromatic ring is 1. The van der Waals surface area contributed by atoms with E-state index in [9.17, 15) is 13.2 Å². The number of nitrogens with two attached hydrogens (primary N) is 1. The smallest absolute Gasteiger partial charge is 0.269 e. The van der Waals surface area contributed by atoms with Gasteiger partial charge in [-0.05, 0) is 108 Å². The predicted octanol–water partition coefficient (Wildman–Crippen LogP) is 6.68. The molecule has 6 aromatic rings. The highest BCUT2D eigenvalue weighted by molar-refractivity contribution is 7.90. The van der Waals surface area contributed by atoms with Crippen LogP contribution in [0.1, 0.15) is 71.2 Å². The predicted molar refractivity (Wildman–Crippen MR) is 185 cm³/mol. The van der Waals surface area contributed by atoms with E-state index in [1.807, 2.05) is 0 Å². The van der Waals surface area contributed by atoms with Crippen LogP contribution in [0.4, 0.5) is 19.0 Å². The van der Waals surface area contributed by atoms with E-state index in [0.29, 0.717) is 43.0 Å². The van der Waals surface area contributed by atoms with Gasteiger partial charge in [0.25, 0.3) is 10.0 Å². The summed E-state index contributed by atoms with van der Waals surface area (Å²) in [6.45, 7) is 10.3. The number of carbonyl (C=O) groups excluding carboxylic acids is 1. The van der Waals surface area contributed by atoms with Crippen molar-refractivity contribution in [3.05, 3.63) is 99.9 Å². The number of rotatable bonds is 7. The zero-order valence-electron chi connectivity index (χ0n) is 28.2. The van der Waals surface area contributed by atoms with Crippen LogP contribution in [-0.4, -0.2) is 62.0 Å². The number of piperidine rings is 1. The Morgan fingerprint density at radius 3 is 2.32 bits per heavy atom. The molecular formula is C36H36F3N7O3S. The van der Waals surface area contributed by atoms with E-state index < -0.39 is 55.8 Å². The van der Waals surface area contributed by atoms with Crippen LogP contribution in [0.15, 0.2) is 53.6 Å². The lowest BCUT2D eigenvalue weighted by atomic mass is 9.85. The van der Waals surface area contributed by atoms with Gasteiger partial charge >= 0.3 is 0 Å². The maximum atomic E-state index is 16.9. The first-order chi connectivity index (χ1) is 23.7. The summed E-state index contributed by atoms with van der Waals surface area (Å²) in [5, 5.41) is 3.33. The third-order valence-corrected chi connectivity index (χ3v) is 11.5. The van der Waals surface area contributed by atoms with Gasteiger partial charge in [0.05, 0.1) is 38.8 Å². The number of imidazole rings is 1. The van der Waals surface area contributed by atoms with Crippen LogP contribution in [0.3, 0.4) is 0 Å². The molecule has 4 heterocycles. The average molecular weight is 704 g/mol. The summed E-state index contributed by atoms with van der Waals surface area (Å²) in [6.07, 6.45) is 2.07. The number of carbonyl (C=O) groups is 1. The second-order valence-corrected chi connectivity index (χ2v) is 15.0. The number of fused-ring (bicyclic) bond motifs is 2. The van der Waals surface area contributed by atoms with Crippen LogP contribution in [0.2, 0.25) is 0 Å². The number of aromatic nitrogens is 5. The Labute approximate surface area is 286 Å². The lowest BCUT2D eigenvalue weighted by Crippen LogP contribution is -2.38. The fraction of sp³-hybridized carbons (Fsp3) is 0.306. The van der Waals surface area contributed by atoms with E-state index >= 15 is 13.2 Å². The maximum absolute atomic E-state index is 16.9. The molecule has 0 radical (unpaired) electrons. The number of ketones is 1. The van der Waals surface area contributed by atoms with Gasteiger partial charge in [-0.25, -0.2) is 35.2 Å². The van der Waals surface area contributed by atoms with Crippen molar-refractivity contribution in [2.24, 2.45) is 0 Å². The van der Waals surface area contributed by atoms with Crippen LogP contribution in [0.5, 0.6) is 0 Å². The average Bonchev–Trinajstić information content (AvgIpc) is 3.75. The molecule has 3 aromatic heterocycles. The van der Waals surface area contributed by atoms with Crippen LogP contribution in [-0.2, 0) is 10.0 Å². The highest BCUT2D eigenvalue weighted by atomic mass is 32.2. The lowest BCUT2D eigenvalue weighted by molar-refractivity contribution is 0.103. The number of aromatic amines is 1. The minimum atomic E-state index is -4.87. The summed E-state index contributed by atoms with van der Waals surface area (Å²) in [5.74, 6) is -4.92. The fourth-order valence-electron chi connectivity index (χ4n) is 7.08. The Bertz CT molecular complexity index is 2440. The molecule has 0 amide bonds. The molecule has 0 unspecified atom stereocenters. The minimum Gasteiger partial charge on any atom is -0.383 e. The SMILES string of the molecule is Cc1ccc(S(=O)(=O)n2c(C(=O)c3cnn(-c4ccc5[nH]c(C)nc5c4)c3N)c(F)c3c(F)c(C4CCN(C(C)C)CC4)c(C)c(F)c32)cc1. The Morgan fingerprint density at radius 1 is 0.980 bits per heavy atom. The third-order valence-electron chi connectivity index (χ3n) is 9.79. The lowest BCUT2D eigenvalue weighted by Gasteiger charge is -2.35. The highest BCUT2D eigenvalue weighted by Gasteiger charge is 2.39. The Morgan fingerprint density at radius 2 is 1.66 bits per heavy atom. The molecule has 0 bridgehead atoms. The molecule has 3 N–H and O–H groups in total. The number of aryl methyl sites for hydroxylation is 2. The van der Waals surface area contributed by atoms with Crippen molar-refractivity contribution < 1.29 is 26.4 Å². The normalized spacial score (nSPS) is 14.8. The zero-order chi connectivity index (χ0) is 35.8. The van der Waals surface area contributed by atoms with Gasteiger partial charge in [0, 0.05) is 6.04 Å². The Kier molecular flexibility index (Phi) is 8.14. The largest absolute Gasteiger partial charge is 0.383 e. The first-order valence-corrected chi connectivity index (χ1v) is 17.8. The molecule has 0 saturated carbocycles. The first-order valence-electron chi connectivity index (χ1n) is 16.3. The van der Waals surface area contributed by atoms with E-state index in [0.717, 1.165) is 17.3 Å². The Hall–Kier alpha value is -4.95. The van der Waals surface area contributed by atoms with E-state index in [-0.39, 0.29) is 37.4 Å². The van der Waals surface area contributed by atoms with Crippen molar-refractivity contribution in [3.63, 3.8) is 0 Å². The van der Waals surface area contributed by atoms with Crippen molar-refractivity contribution in [1.82, 2.24) is 28.6 Å². The second kappa shape index (κ2) is 12.1. The number of hydrogen-bond acceptors (Lipinski definition) is 7. The van der Waals surface area contributed by atoms with Crippen LogP contribution in [0.25, 0.3) is 27.6 Å². The topological polar surface area (TPSA) is 132 Å². The molecule has 260 valence electrons. The molecule has 0 aliphatic carbocycles. The number of H-pyrrole nitrogens is 1. The summed E-state index contributed by atoms with van der Waals surface area (Å²) in [5.41, 5.74) is 6.46. The van der Waals surface area contributed by atoms with Crippen molar-refractivity contribution in [3.8, 4) is 5.69 Å². The molecule has 1 fully saturated rings. The van der Waals surface area contributed by atoms with Crippen molar-refractivity contribution >= 4 is 43.6 Å². The summed E-state index contributed by atoms with van der Waals surface area (Å²) < 4.78 is 80.4. The number of likely N-dealkylation sites (tertiary alicyclic amines) is 1. The number of nitrogens with one attached hydrogen (secondary N) is 1. The number of anilines is 1. The monoisotopic (exact) mass is 703 g/mol. The summed E-state index contributed by atoms with van der Waals surface area (Å²) in [7, 11) is -4.87. The number of halogens is 3. The number of nitrogens with zero attached hydrogens (tertiary/aromatic N) is 5. The molecule has 1 aliphatic rings. The minimum absolute atomic E-state index is 0.0162. The van der Waals surface area contributed by atoms with E-state index in [4.69, 9.17) is 5.73 Å². The molecule has 14 heteroatoms. The van der Waals surface area contributed by atoms with Gasteiger partial charge < -0.3 is 15.6 Å². The molecule has 1 aliphatic heterocycles. The van der Waals surface area contributed by atoms with Crippen LogP contribution >= 0.6 is 0 Å². The van der Waals surface area contributed by atoms with E-state index in [2.05, 4.69) is 33.8 Å². The number of benzene rings is 3. The van der Waals surface area contributed by atoms with Gasteiger partial charge in [0.15, 0.2) is 11.6 Å². The van der Waals surface area contributed by atoms with Gasteiger partial charge in [-0.2, -0.15) is 5.10 Å². The molecule has 3 aromatic carbocycles. The molecule has 0 atom stereocenters. The zero-order valence-corrected chi connectivity index (χ0v) is 29.0. The van der Waals surface area contributed by atoms with Gasteiger partial charge in [-0.3, -0.25) is 4.79 Å². The molecule has 7 rings (SSSR count). The maximum Gasteiger partial charge on any atom is 0.269 e. The molecular weight excluding hydrogens is 668 g/mol. The van der Waals surface area contributed by atoms with E-state index in [1.54, 1.807) is 32.0 Å². The third kappa shape index (κ3) is 5.19. The summed E-state index contributed by atoms with van der Waals surface area (Å²) in [6, 6.07) is 10.9. The van der Waals surface area contributed by atoms with Gasteiger partial charge in [-0.15, -0.1) is 0 Å². The van der Waals surface area contributed by atoms with Crippen LogP contribution in [0, 0.1) is 38.2 Å². The summed E-state index contributed by atoms with van der Waals surface area (Å²) >= 11 is 0. The van der Waals surface area contributed by atoms with Gasteiger partial charge in [0.1, 0.15) is 28.7 Å². The van der Waals surface area contributed by atoms with Gasteiger partial charge in [-0.1, -0.05) is 17.7 Å². The van der Waals surface area contributed by atoms with E-state index in [1.165, 1.54) is 35.9 Å². The molecule has 0 spiro atoms. The quantitative estimate of drug-likeness (QED) is 0.177. The molecule has 50 heavy (non-hydrogen) atoms. The van der Waals surface area contributed by atoms with Crippen LogP contribution < -0.4 is 5.73 Å². The second-order valence-electron chi connectivity index (χ2n) is 13.2. The van der Waals surface area contributed by atoms with Gasteiger partial charge in [0.2, 0.25) is 5.78 Å².